The summed E-state index contributed by atoms with van der Waals surface area (Å²) in [5, 5.41) is 9.48. The van der Waals surface area contributed by atoms with E-state index in [4.69, 9.17) is 4.74 Å². The smallest absolute Gasteiger partial charge is 0.310 e. The number of phenols is 1. The van der Waals surface area contributed by atoms with Crippen LogP contribution in [0, 0.1) is 0 Å². The van der Waals surface area contributed by atoms with Gasteiger partial charge >= 0.3 is 5.97 Å². The second-order valence-electron chi connectivity index (χ2n) is 4.23. The maximum absolute atomic E-state index is 11.5. The van der Waals surface area contributed by atoms with Gasteiger partial charge in [-0.3, -0.25) is 4.79 Å². The number of aromatic hydroxyl groups is 1. The zero-order valence-electron chi connectivity index (χ0n) is 10.8. The van der Waals surface area contributed by atoms with Crippen LogP contribution in [0.4, 0.5) is 0 Å². The van der Waals surface area contributed by atoms with Crippen LogP contribution in [0.3, 0.4) is 0 Å². The molecule has 2 rings (SSSR count). The molecule has 0 aliphatic rings. The summed E-state index contributed by atoms with van der Waals surface area (Å²) in [6.45, 7) is 2.19. The van der Waals surface area contributed by atoms with Crippen LogP contribution >= 0.6 is 0 Å². The Hall–Kier alpha value is -2.29. The van der Waals surface area contributed by atoms with Crippen LogP contribution in [0.1, 0.15) is 12.5 Å². The zero-order chi connectivity index (χ0) is 13.7. The minimum atomic E-state index is -0.226. The number of hydrogen-bond acceptors (Lipinski definition) is 3. The summed E-state index contributed by atoms with van der Waals surface area (Å²) in [5.41, 5.74) is 2.79. The van der Waals surface area contributed by atoms with Crippen LogP contribution in [0.2, 0.25) is 0 Å². The molecule has 0 heterocycles. The quantitative estimate of drug-likeness (QED) is 0.855. The van der Waals surface area contributed by atoms with Crippen molar-refractivity contribution in [2.75, 3.05) is 6.61 Å². The van der Waals surface area contributed by atoms with E-state index in [1.54, 1.807) is 25.1 Å². The number of rotatable bonds is 4. The van der Waals surface area contributed by atoms with Crippen LogP contribution in [-0.4, -0.2) is 17.7 Å². The number of carbonyl (C=O) groups is 1. The van der Waals surface area contributed by atoms with Gasteiger partial charge in [0.05, 0.1) is 13.0 Å². The van der Waals surface area contributed by atoms with Gasteiger partial charge in [-0.05, 0) is 35.7 Å². The maximum atomic E-state index is 11.5. The molecule has 0 radical (unpaired) electrons. The number of carbonyl (C=O) groups excluding carboxylic acids is 1. The number of esters is 1. The van der Waals surface area contributed by atoms with Crippen molar-refractivity contribution in [2.45, 2.75) is 13.3 Å². The van der Waals surface area contributed by atoms with E-state index in [2.05, 4.69) is 0 Å². The van der Waals surface area contributed by atoms with E-state index in [-0.39, 0.29) is 18.1 Å². The molecule has 0 atom stereocenters. The third-order valence-corrected chi connectivity index (χ3v) is 2.76. The van der Waals surface area contributed by atoms with Gasteiger partial charge in [0.2, 0.25) is 0 Å². The van der Waals surface area contributed by atoms with E-state index in [0.717, 1.165) is 16.7 Å². The van der Waals surface area contributed by atoms with Crippen LogP contribution in [0.5, 0.6) is 5.75 Å². The van der Waals surface area contributed by atoms with Crippen LogP contribution < -0.4 is 0 Å². The predicted molar refractivity (Wildman–Crippen MR) is 73.9 cm³/mol. The topological polar surface area (TPSA) is 46.5 Å². The van der Waals surface area contributed by atoms with E-state index in [0.29, 0.717) is 6.61 Å². The van der Waals surface area contributed by atoms with Crippen LogP contribution in [0.25, 0.3) is 11.1 Å². The fourth-order valence-electron chi connectivity index (χ4n) is 1.93. The fraction of sp³-hybridized carbons (Fsp3) is 0.188. The molecule has 0 aliphatic carbocycles. The average molecular weight is 256 g/mol. The Morgan fingerprint density at radius 3 is 2.47 bits per heavy atom. The number of ether oxygens (including phenoxy) is 1. The van der Waals surface area contributed by atoms with E-state index in [1.807, 2.05) is 30.3 Å². The van der Waals surface area contributed by atoms with Crippen molar-refractivity contribution in [2.24, 2.45) is 0 Å². The van der Waals surface area contributed by atoms with Gasteiger partial charge < -0.3 is 9.84 Å². The highest BCUT2D eigenvalue weighted by Gasteiger charge is 2.05. The highest BCUT2D eigenvalue weighted by molar-refractivity contribution is 5.74. The molecule has 0 saturated carbocycles. The molecule has 0 saturated heterocycles. The van der Waals surface area contributed by atoms with E-state index in [1.165, 1.54) is 0 Å². The lowest BCUT2D eigenvalue weighted by molar-refractivity contribution is -0.142. The number of benzene rings is 2. The van der Waals surface area contributed by atoms with E-state index in [9.17, 15) is 9.90 Å². The minimum Gasteiger partial charge on any atom is -0.508 e. The van der Waals surface area contributed by atoms with Crippen molar-refractivity contribution in [3.8, 4) is 16.9 Å². The van der Waals surface area contributed by atoms with Gasteiger partial charge in [-0.2, -0.15) is 0 Å². The van der Waals surface area contributed by atoms with Gasteiger partial charge in [-0.1, -0.05) is 36.4 Å². The fourth-order valence-corrected chi connectivity index (χ4v) is 1.93. The molecular formula is C16H16O3. The maximum Gasteiger partial charge on any atom is 0.310 e. The van der Waals surface area contributed by atoms with Crippen LogP contribution in [-0.2, 0) is 16.0 Å². The number of hydrogen-bond donors (Lipinski definition) is 1. The SMILES string of the molecule is CCOC(=O)Cc1cccc(-c2cccc(O)c2)c1. The molecule has 98 valence electrons. The molecule has 0 aliphatic heterocycles. The Kier molecular flexibility index (Phi) is 4.18. The lowest BCUT2D eigenvalue weighted by atomic mass is 10.0. The monoisotopic (exact) mass is 256 g/mol. The Morgan fingerprint density at radius 2 is 1.79 bits per heavy atom. The van der Waals surface area contributed by atoms with Gasteiger partial charge in [0.1, 0.15) is 5.75 Å². The summed E-state index contributed by atoms with van der Waals surface area (Å²) >= 11 is 0. The Morgan fingerprint density at radius 1 is 1.11 bits per heavy atom. The molecule has 0 amide bonds. The Balaban J connectivity index is 2.22. The van der Waals surface area contributed by atoms with Crippen molar-refractivity contribution < 1.29 is 14.6 Å². The summed E-state index contributed by atoms with van der Waals surface area (Å²) < 4.78 is 4.93. The van der Waals surface area contributed by atoms with Gasteiger partial charge in [0, 0.05) is 0 Å². The molecule has 0 fully saturated rings. The highest BCUT2D eigenvalue weighted by Crippen LogP contribution is 2.24. The summed E-state index contributed by atoms with van der Waals surface area (Å²) in [7, 11) is 0. The summed E-state index contributed by atoms with van der Waals surface area (Å²) in [6.07, 6.45) is 0.264. The van der Waals surface area contributed by atoms with Gasteiger partial charge in [-0.15, -0.1) is 0 Å². The van der Waals surface area contributed by atoms with Gasteiger partial charge in [0.15, 0.2) is 0 Å². The number of phenolic OH excluding ortho intramolecular Hbond substituents is 1. The molecule has 3 nitrogen and oxygen atoms in total. The molecule has 2 aromatic rings. The summed E-state index contributed by atoms with van der Waals surface area (Å²) in [6, 6.07) is 14.7. The largest absolute Gasteiger partial charge is 0.508 e. The highest BCUT2D eigenvalue weighted by atomic mass is 16.5. The lowest BCUT2D eigenvalue weighted by Crippen LogP contribution is -2.07. The van der Waals surface area contributed by atoms with Gasteiger partial charge in [-0.25, -0.2) is 0 Å². The molecular weight excluding hydrogens is 240 g/mol. The molecule has 0 aromatic heterocycles. The first kappa shape index (κ1) is 13.1. The van der Waals surface area contributed by atoms with Crippen molar-refractivity contribution in [3.63, 3.8) is 0 Å². The summed E-state index contributed by atoms with van der Waals surface area (Å²) in [4.78, 5) is 11.5. The second kappa shape index (κ2) is 6.05. The molecule has 0 spiro atoms. The normalized spacial score (nSPS) is 10.2. The molecule has 0 unspecified atom stereocenters. The van der Waals surface area contributed by atoms with Crippen molar-refractivity contribution in [1.29, 1.82) is 0 Å². The first-order valence-corrected chi connectivity index (χ1v) is 6.23. The molecule has 2 aromatic carbocycles. The Bertz CT molecular complexity index is 576. The molecule has 3 heteroatoms. The first-order chi connectivity index (χ1) is 9.19. The molecule has 1 N–H and O–H groups in total. The Labute approximate surface area is 112 Å². The van der Waals surface area contributed by atoms with Crippen molar-refractivity contribution in [3.05, 3.63) is 54.1 Å². The minimum absolute atomic E-state index is 0.226. The van der Waals surface area contributed by atoms with E-state index < -0.39 is 0 Å². The predicted octanol–water partition coefficient (Wildman–Crippen LogP) is 3.16. The molecule has 0 bridgehead atoms. The third kappa shape index (κ3) is 3.58. The van der Waals surface area contributed by atoms with Crippen molar-refractivity contribution in [1.82, 2.24) is 0 Å². The third-order valence-electron chi connectivity index (χ3n) is 2.76. The average Bonchev–Trinajstić information content (AvgIpc) is 2.39. The first-order valence-electron chi connectivity index (χ1n) is 6.23. The second-order valence-corrected chi connectivity index (χ2v) is 4.23. The van der Waals surface area contributed by atoms with E-state index >= 15 is 0 Å². The lowest BCUT2D eigenvalue weighted by Gasteiger charge is -2.06. The van der Waals surface area contributed by atoms with Crippen LogP contribution in [0.15, 0.2) is 48.5 Å². The molecule has 19 heavy (non-hydrogen) atoms. The van der Waals surface area contributed by atoms with Crippen molar-refractivity contribution >= 4 is 5.97 Å². The summed E-state index contributed by atoms with van der Waals surface area (Å²) in [5.74, 6) is 0.00357. The zero-order valence-corrected chi connectivity index (χ0v) is 10.8. The standard InChI is InChI=1S/C16H16O3/c1-2-19-16(18)10-12-5-3-6-13(9-12)14-7-4-8-15(17)11-14/h3-9,11,17H,2,10H2,1H3. The van der Waals surface area contributed by atoms with Gasteiger partial charge in [0.25, 0.3) is 0 Å².